The molecule has 0 bridgehead atoms. The molecule has 0 N–H and O–H groups in total. The number of aromatic nitrogens is 1. The molecule has 0 radical (unpaired) electrons. The molecule has 0 spiro atoms. The van der Waals surface area contributed by atoms with Gasteiger partial charge in [0, 0.05) is 0 Å². The van der Waals surface area contributed by atoms with Gasteiger partial charge >= 0.3 is 0 Å². The predicted molar refractivity (Wildman–Crippen MR) is 40.6 cm³/mol. The summed E-state index contributed by atoms with van der Waals surface area (Å²) < 4.78 is 9.93. The summed E-state index contributed by atoms with van der Waals surface area (Å²) in [5.74, 6) is 0.542. The van der Waals surface area contributed by atoms with E-state index in [9.17, 15) is 0 Å². The van der Waals surface area contributed by atoms with Gasteiger partial charge in [-0.05, 0) is 17.3 Å². The van der Waals surface area contributed by atoms with Crippen LogP contribution in [0, 0.1) is 0 Å². The van der Waals surface area contributed by atoms with Crippen LogP contribution in [0.5, 0.6) is 5.88 Å². The summed E-state index contributed by atoms with van der Waals surface area (Å²) in [5.41, 5.74) is 0.754. The zero-order valence-electron chi connectivity index (χ0n) is 6.07. The lowest BCUT2D eigenvalue weighted by molar-refractivity contribution is 0.350. The quantitative estimate of drug-likeness (QED) is 0.620. The van der Waals surface area contributed by atoms with E-state index in [4.69, 9.17) is 9.26 Å². The monoisotopic (exact) mass is 149 g/mol. The third-order valence-electron chi connectivity index (χ3n) is 1.54. The number of methoxy groups -OCH3 is 1. The van der Waals surface area contributed by atoms with Gasteiger partial charge in [-0.25, -0.2) is 0 Å². The predicted octanol–water partition coefficient (Wildman–Crippen LogP) is 1.84. The second-order valence-electron chi connectivity index (χ2n) is 2.19. The Kier molecular flexibility index (Phi) is 1.28. The highest BCUT2D eigenvalue weighted by atomic mass is 16.5. The van der Waals surface area contributed by atoms with Crippen LogP contribution < -0.4 is 4.74 Å². The molecular weight excluding hydrogens is 142 g/mol. The highest BCUT2D eigenvalue weighted by molar-refractivity contribution is 5.81. The van der Waals surface area contributed by atoms with Gasteiger partial charge in [-0.3, -0.25) is 0 Å². The Bertz CT molecular complexity index is 367. The lowest BCUT2D eigenvalue weighted by Crippen LogP contribution is -1.80. The topological polar surface area (TPSA) is 35.3 Å². The van der Waals surface area contributed by atoms with E-state index in [1.807, 2.05) is 24.3 Å². The highest BCUT2D eigenvalue weighted by Gasteiger charge is 2.04. The number of benzene rings is 1. The molecule has 0 saturated carbocycles. The molecule has 1 aromatic heterocycles. The summed E-state index contributed by atoms with van der Waals surface area (Å²) in [4.78, 5) is 0. The van der Waals surface area contributed by atoms with Crippen LogP contribution in [0.1, 0.15) is 0 Å². The van der Waals surface area contributed by atoms with Crippen molar-refractivity contribution in [1.82, 2.24) is 5.16 Å². The maximum Gasteiger partial charge on any atom is 0.261 e. The zero-order chi connectivity index (χ0) is 7.68. The lowest BCUT2D eigenvalue weighted by atomic mass is 10.3. The smallest absolute Gasteiger partial charge is 0.261 e. The summed E-state index contributed by atoms with van der Waals surface area (Å²) in [6.45, 7) is 0. The molecule has 1 aromatic carbocycles. The molecule has 0 saturated heterocycles. The van der Waals surface area contributed by atoms with Gasteiger partial charge in [0.1, 0.15) is 0 Å². The molecule has 0 fully saturated rings. The first-order valence-electron chi connectivity index (χ1n) is 3.30. The summed E-state index contributed by atoms with van der Waals surface area (Å²) >= 11 is 0. The number of ether oxygens (including phenoxy) is 1. The van der Waals surface area contributed by atoms with Crippen molar-refractivity contribution in [1.29, 1.82) is 0 Å². The first-order valence-corrected chi connectivity index (χ1v) is 3.30. The van der Waals surface area contributed by atoms with Crippen LogP contribution in [0.15, 0.2) is 28.8 Å². The lowest BCUT2D eigenvalue weighted by Gasteiger charge is -1.89. The van der Waals surface area contributed by atoms with E-state index in [-0.39, 0.29) is 0 Å². The van der Waals surface area contributed by atoms with Crippen LogP contribution in [0.4, 0.5) is 0 Å². The molecule has 3 nitrogen and oxygen atoms in total. The zero-order valence-corrected chi connectivity index (χ0v) is 6.07. The molecule has 0 aliphatic carbocycles. The summed E-state index contributed by atoms with van der Waals surface area (Å²) in [7, 11) is 1.57. The van der Waals surface area contributed by atoms with Gasteiger partial charge in [0.25, 0.3) is 5.88 Å². The molecule has 0 atom stereocenters. The van der Waals surface area contributed by atoms with Crippen molar-refractivity contribution in [2.45, 2.75) is 0 Å². The normalized spacial score (nSPS) is 10.3. The van der Waals surface area contributed by atoms with Crippen molar-refractivity contribution >= 4 is 11.0 Å². The standard InChI is InChI=1S/C8H7NO2/c1-10-8-6-4-2-3-5-7(6)11-9-8/h2-5H,1H3. The molecule has 3 heteroatoms. The van der Waals surface area contributed by atoms with Crippen molar-refractivity contribution < 1.29 is 9.26 Å². The number of rotatable bonds is 1. The minimum absolute atomic E-state index is 0.542. The summed E-state index contributed by atoms with van der Waals surface area (Å²) in [6, 6.07) is 7.57. The number of fused-ring (bicyclic) bond motifs is 1. The van der Waals surface area contributed by atoms with E-state index >= 15 is 0 Å². The number of para-hydroxylation sites is 1. The fourth-order valence-electron chi connectivity index (χ4n) is 1.01. The van der Waals surface area contributed by atoms with Crippen LogP contribution in [0.3, 0.4) is 0 Å². The second kappa shape index (κ2) is 2.27. The molecule has 56 valence electrons. The van der Waals surface area contributed by atoms with Gasteiger partial charge in [0.2, 0.25) is 0 Å². The molecule has 11 heavy (non-hydrogen) atoms. The van der Waals surface area contributed by atoms with E-state index in [1.165, 1.54) is 0 Å². The minimum atomic E-state index is 0.542. The van der Waals surface area contributed by atoms with Gasteiger partial charge in [-0.15, -0.1) is 0 Å². The molecule has 0 aliphatic rings. The Morgan fingerprint density at radius 3 is 3.00 bits per heavy atom. The Hall–Kier alpha value is -1.51. The Morgan fingerprint density at radius 1 is 1.36 bits per heavy atom. The number of hydrogen-bond acceptors (Lipinski definition) is 3. The van der Waals surface area contributed by atoms with Crippen molar-refractivity contribution in [3.8, 4) is 5.88 Å². The maximum atomic E-state index is 4.96. The van der Waals surface area contributed by atoms with Crippen LogP contribution >= 0.6 is 0 Å². The van der Waals surface area contributed by atoms with Crippen LogP contribution in [-0.2, 0) is 0 Å². The molecule has 0 amide bonds. The van der Waals surface area contributed by atoms with Crippen LogP contribution in [0.2, 0.25) is 0 Å². The van der Waals surface area contributed by atoms with E-state index in [1.54, 1.807) is 7.11 Å². The molecule has 1 heterocycles. The van der Waals surface area contributed by atoms with Crippen LogP contribution in [-0.4, -0.2) is 12.3 Å². The van der Waals surface area contributed by atoms with E-state index in [0.29, 0.717) is 5.88 Å². The number of nitrogens with zero attached hydrogens (tertiary/aromatic N) is 1. The van der Waals surface area contributed by atoms with E-state index < -0.39 is 0 Å². The van der Waals surface area contributed by atoms with Gasteiger partial charge in [0.15, 0.2) is 5.58 Å². The maximum absolute atomic E-state index is 4.96. The largest absolute Gasteiger partial charge is 0.478 e. The average molecular weight is 149 g/mol. The summed E-state index contributed by atoms with van der Waals surface area (Å²) in [5, 5.41) is 4.63. The third-order valence-corrected chi connectivity index (χ3v) is 1.54. The first-order chi connectivity index (χ1) is 5.42. The highest BCUT2D eigenvalue weighted by Crippen LogP contribution is 2.23. The molecule has 0 unspecified atom stereocenters. The van der Waals surface area contributed by atoms with Crippen molar-refractivity contribution in [3.05, 3.63) is 24.3 Å². The Labute approximate surface area is 63.6 Å². The second-order valence-corrected chi connectivity index (χ2v) is 2.19. The van der Waals surface area contributed by atoms with E-state index in [0.717, 1.165) is 11.0 Å². The van der Waals surface area contributed by atoms with Gasteiger partial charge < -0.3 is 9.26 Å². The van der Waals surface area contributed by atoms with E-state index in [2.05, 4.69) is 5.16 Å². The average Bonchev–Trinajstić information content (AvgIpc) is 2.47. The Balaban J connectivity index is 2.76. The van der Waals surface area contributed by atoms with Crippen LogP contribution in [0.25, 0.3) is 11.0 Å². The molecule has 2 rings (SSSR count). The fraction of sp³-hybridized carbons (Fsp3) is 0.125. The van der Waals surface area contributed by atoms with Gasteiger partial charge in [0.05, 0.1) is 12.5 Å². The molecule has 2 aromatic rings. The van der Waals surface area contributed by atoms with Gasteiger partial charge in [-0.1, -0.05) is 12.1 Å². The Morgan fingerprint density at radius 2 is 2.18 bits per heavy atom. The van der Waals surface area contributed by atoms with Gasteiger partial charge in [-0.2, -0.15) is 0 Å². The van der Waals surface area contributed by atoms with Crippen molar-refractivity contribution in [2.75, 3.05) is 7.11 Å². The third kappa shape index (κ3) is 0.852. The first kappa shape index (κ1) is 6.22. The van der Waals surface area contributed by atoms with Crippen molar-refractivity contribution in [3.63, 3.8) is 0 Å². The number of hydrogen-bond donors (Lipinski definition) is 0. The summed E-state index contributed by atoms with van der Waals surface area (Å²) in [6.07, 6.45) is 0. The minimum Gasteiger partial charge on any atom is -0.478 e. The molecule has 0 aliphatic heterocycles. The molecular formula is C8H7NO2. The SMILES string of the molecule is COc1noc2ccccc12. The fourth-order valence-corrected chi connectivity index (χ4v) is 1.01. The van der Waals surface area contributed by atoms with Crippen molar-refractivity contribution in [2.24, 2.45) is 0 Å².